The first kappa shape index (κ1) is 17.5. The maximum atomic E-state index is 9.87. The molecule has 2 rings (SSSR count). The molecule has 0 aromatic heterocycles. The third-order valence-corrected chi connectivity index (χ3v) is 3.11. The van der Waals surface area contributed by atoms with Crippen LogP contribution >= 0.6 is 7.81 Å². The minimum atomic E-state index is -10.7. The number of hydrogen-bond acceptors (Lipinski definition) is 0. The molecule has 0 N–H and O–H groups in total. The number of rotatable bonds is 1. The van der Waals surface area contributed by atoms with Crippen LogP contribution in [0.4, 0.5) is 25.2 Å². The van der Waals surface area contributed by atoms with Gasteiger partial charge in [-0.3, -0.25) is 9.48 Å². The summed E-state index contributed by atoms with van der Waals surface area (Å²) < 4.78 is 61.7. The van der Waals surface area contributed by atoms with Gasteiger partial charge in [0.1, 0.15) is 0 Å². The summed E-state index contributed by atoms with van der Waals surface area (Å²) in [5.74, 6) is 0. The van der Waals surface area contributed by atoms with Crippen LogP contribution in [0.1, 0.15) is 38.5 Å². The second kappa shape index (κ2) is 5.70. The van der Waals surface area contributed by atoms with Crippen LogP contribution in [0.5, 0.6) is 0 Å². The fourth-order valence-corrected chi connectivity index (χ4v) is 2.30. The van der Waals surface area contributed by atoms with Crippen LogP contribution in [0, 0.1) is 0 Å². The molecule has 0 amide bonds. The number of hydrogen-bond donors (Lipinski definition) is 0. The Bertz CT molecular complexity index is 325. The molecule has 122 valence electrons. The van der Waals surface area contributed by atoms with Gasteiger partial charge < -0.3 is 0 Å². The van der Waals surface area contributed by atoms with E-state index in [4.69, 9.17) is 0 Å². The van der Waals surface area contributed by atoms with E-state index in [2.05, 4.69) is 15.8 Å². The van der Waals surface area contributed by atoms with E-state index in [-0.39, 0.29) is 0 Å². The summed E-state index contributed by atoms with van der Waals surface area (Å²) in [4.78, 5) is 2.51. The Morgan fingerprint density at radius 1 is 0.700 bits per heavy atom. The minimum absolute atomic E-state index is 1.29. The molecule has 0 aliphatic carbocycles. The average molecular weight is 326 g/mol. The van der Waals surface area contributed by atoms with Crippen molar-refractivity contribution in [1.82, 2.24) is 4.90 Å². The van der Waals surface area contributed by atoms with E-state index in [1.54, 1.807) is 0 Å². The van der Waals surface area contributed by atoms with E-state index in [1.807, 2.05) is 0 Å². The topological polar surface area (TPSA) is 6.25 Å². The Morgan fingerprint density at radius 3 is 1.55 bits per heavy atom. The van der Waals surface area contributed by atoms with Crippen molar-refractivity contribution in [2.45, 2.75) is 38.5 Å². The van der Waals surface area contributed by atoms with Gasteiger partial charge in [-0.15, -0.1) is 0 Å². The Morgan fingerprint density at radius 2 is 1.10 bits per heavy atom. The van der Waals surface area contributed by atoms with Crippen molar-refractivity contribution >= 4 is 14.1 Å². The maximum absolute atomic E-state index is 10.7. The predicted molar refractivity (Wildman–Crippen MR) is 68.9 cm³/mol. The van der Waals surface area contributed by atoms with E-state index in [0.29, 0.717) is 0 Å². The number of halogens is 6. The summed E-state index contributed by atoms with van der Waals surface area (Å²) in [7, 11) is -10.7. The Labute approximate surface area is 114 Å². The van der Waals surface area contributed by atoms with Crippen molar-refractivity contribution in [1.29, 1.82) is 0 Å². The van der Waals surface area contributed by atoms with Gasteiger partial charge in [0, 0.05) is 0 Å². The quantitative estimate of drug-likeness (QED) is 0.282. The zero-order valence-corrected chi connectivity index (χ0v) is 12.2. The molecule has 20 heavy (non-hydrogen) atoms. The molecule has 2 saturated heterocycles. The number of piperidine rings is 2. The summed E-state index contributed by atoms with van der Waals surface area (Å²) in [6.45, 7) is 5.15. The van der Waals surface area contributed by atoms with Crippen LogP contribution in [-0.2, 0) is 0 Å². The Hall–Kier alpha value is -0.520. The predicted octanol–water partition coefficient (Wildman–Crippen LogP) is 5.08. The van der Waals surface area contributed by atoms with Crippen LogP contribution < -0.4 is 0 Å². The third-order valence-electron chi connectivity index (χ3n) is 3.11. The van der Waals surface area contributed by atoms with E-state index < -0.39 is 7.81 Å². The molecule has 0 spiro atoms. The van der Waals surface area contributed by atoms with Crippen molar-refractivity contribution in [3.63, 3.8) is 0 Å². The summed E-state index contributed by atoms with van der Waals surface area (Å²) in [5.41, 5.74) is 0. The first-order valence-corrected chi connectivity index (χ1v) is 8.82. The van der Waals surface area contributed by atoms with Gasteiger partial charge in [0.2, 0.25) is 6.34 Å². The van der Waals surface area contributed by atoms with Gasteiger partial charge in [-0.05, 0) is 38.5 Å². The van der Waals surface area contributed by atoms with Gasteiger partial charge in [-0.1, -0.05) is 0 Å². The fourth-order valence-electron chi connectivity index (χ4n) is 2.30. The SMILES string of the molecule is C(N1CCCCC1)=[N+]1CCCCC1.F[P-](F)(F)(F)(F)F. The third kappa shape index (κ3) is 12.5. The molecule has 0 unspecified atom stereocenters. The van der Waals surface area contributed by atoms with Crippen LogP contribution in [0.25, 0.3) is 0 Å². The standard InChI is InChI=1S/C11H21N2.F6P/c1-3-7-12(8-4-1)11-13-9-5-2-6-10-13;1-7(2,3,4,5)6/h11H,1-10H2;/q+1;-1. The summed E-state index contributed by atoms with van der Waals surface area (Å²) in [5, 5.41) is 0. The molecule has 0 bridgehead atoms. The molecule has 0 atom stereocenters. The molecule has 2 fully saturated rings. The molecular formula is C11H21F6N2P. The van der Waals surface area contributed by atoms with Crippen LogP contribution in [0.2, 0.25) is 0 Å². The number of likely N-dealkylation sites (tertiary alicyclic amines) is 1. The molecule has 9 heteroatoms. The molecule has 0 saturated carbocycles. The van der Waals surface area contributed by atoms with Crippen LogP contribution in [0.3, 0.4) is 0 Å². The molecule has 0 radical (unpaired) electrons. The molecule has 0 aromatic rings. The Balaban J connectivity index is 0.000000246. The zero-order chi connectivity index (χ0) is 15.3. The van der Waals surface area contributed by atoms with Crippen molar-refractivity contribution in [3.8, 4) is 0 Å². The molecule has 2 nitrogen and oxygen atoms in total. The van der Waals surface area contributed by atoms with E-state index in [1.165, 1.54) is 64.7 Å². The van der Waals surface area contributed by atoms with Gasteiger partial charge in [-0.2, -0.15) is 0 Å². The second-order valence-electron chi connectivity index (χ2n) is 5.27. The van der Waals surface area contributed by atoms with Gasteiger partial charge in [0.15, 0.2) is 0 Å². The first-order valence-electron chi connectivity index (χ1n) is 6.80. The van der Waals surface area contributed by atoms with Crippen LogP contribution in [-0.4, -0.2) is 42.0 Å². The monoisotopic (exact) mass is 326 g/mol. The summed E-state index contributed by atoms with van der Waals surface area (Å²) in [6.07, 6.45) is 10.8. The fraction of sp³-hybridized carbons (Fsp3) is 0.909. The average Bonchev–Trinajstić information content (AvgIpc) is 2.27. The first-order chi connectivity index (χ1) is 8.90. The van der Waals surface area contributed by atoms with E-state index >= 15 is 0 Å². The van der Waals surface area contributed by atoms with E-state index in [9.17, 15) is 25.2 Å². The molecule has 2 aliphatic heterocycles. The van der Waals surface area contributed by atoms with Crippen molar-refractivity contribution in [2.75, 3.05) is 26.2 Å². The molecule has 0 aromatic carbocycles. The zero-order valence-electron chi connectivity index (χ0n) is 11.3. The van der Waals surface area contributed by atoms with Crippen molar-refractivity contribution in [2.24, 2.45) is 0 Å². The van der Waals surface area contributed by atoms with Crippen LogP contribution in [0.15, 0.2) is 0 Å². The van der Waals surface area contributed by atoms with E-state index in [0.717, 1.165) is 0 Å². The van der Waals surface area contributed by atoms with Gasteiger partial charge in [0.25, 0.3) is 0 Å². The van der Waals surface area contributed by atoms with Gasteiger partial charge in [-0.25, -0.2) is 0 Å². The van der Waals surface area contributed by atoms with Gasteiger partial charge in [0.05, 0.1) is 26.2 Å². The van der Waals surface area contributed by atoms with Crippen molar-refractivity contribution < 1.29 is 29.8 Å². The normalized spacial score (nSPS) is 24.1. The van der Waals surface area contributed by atoms with Gasteiger partial charge >= 0.3 is 33.0 Å². The number of nitrogens with zero attached hydrogens (tertiary/aromatic N) is 2. The molecule has 2 heterocycles. The summed E-state index contributed by atoms with van der Waals surface area (Å²) in [6, 6.07) is 0. The second-order valence-corrected chi connectivity index (χ2v) is 7.18. The molecular weight excluding hydrogens is 305 g/mol. The summed E-state index contributed by atoms with van der Waals surface area (Å²) >= 11 is 0. The Kier molecular flexibility index (Phi) is 4.99. The van der Waals surface area contributed by atoms with Crippen molar-refractivity contribution in [3.05, 3.63) is 0 Å². The molecule has 2 aliphatic rings.